The van der Waals surface area contributed by atoms with Crippen LogP contribution in [0.25, 0.3) is 0 Å². The molecule has 0 spiro atoms. The highest BCUT2D eigenvalue weighted by atomic mass is 35.5. The number of halogens is 1. The number of rotatable bonds is 4. The van der Waals surface area contributed by atoms with E-state index >= 15 is 0 Å². The lowest BCUT2D eigenvalue weighted by Gasteiger charge is -2.19. The van der Waals surface area contributed by atoms with Gasteiger partial charge < -0.3 is 15.0 Å². The Labute approximate surface area is 151 Å². The Morgan fingerprint density at radius 2 is 2.00 bits per heavy atom. The fourth-order valence-corrected chi connectivity index (χ4v) is 3.12. The first-order chi connectivity index (χ1) is 12.0. The molecule has 1 fully saturated rings. The van der Waals surface area contributed by atoms with E-state index in [1.807, 2.05) is 25.1 Å². The predicted molar refractivity (Wildman–Crippen MR) is 98.3 cm³/mol. The molecular formula is C19H19ClN2O3. The monoisotopic (exact) mass is 358 g/mol. The molecule has 1 aliphatic rings. The second-order valence-electron chi connectivity index (χ2n) is 5.98. The summed E-state index contributed by atoms with van der Waals surface area (Å²) in [5, 5.41) is 3.47. The van der Waals surface area contributed by atoms with E-state index in [0.717, 1.165) is 5.56 Å². The van der Waals surface area contributed by atoms with Crippen LogP contribution in [0, 0.1) is 12.8 Å². The third kappa shape index (κ3) is 3.46. The molecule has 0 aliphatic carbocycles. The number of methoxy groups -OCH3 is 1. The molecule has 25 heavy (non-hydrogen) atoms. The molecule has 2 amide bonds. The molecule has 2 aromatic carbocycles. The van der Waals surface area contributed by atoms with Gasteiger partial charge in [-0.3, -0.25) is 9.59 Å². The zero-order chi connectivity index (χ0) is 18.0. The number of anilines is 2. The van der Waals surface area contributed by atoms with Crippen LogP contribution in [-0.4, -0.2) is 25.5 Å². The number of carbonyl (C=O) groups is 2. The number of hydrogen-bond acceptors (Lipinski definition) is 3. The van der Waals surface area contributed by atoms with Gasteiger partial charge in [0.1, 0.15) is 5.75 Å². The van der Waals surface area contributed by atoms with Crippen LogP contribution >= 0.6 is 11.6 Å². The SMILES string of the molecule is COc1ccccc1N1CC(C(=O)Nc2cccc(Cl)c2C)CC1=O. The van der Waals surface area contributed by atoms with Crippen LogP contribution in [0.15, 0.2) is 42.5 Å². The lowest BCUT2D eigenvalue weighted by atomic mass is 10.1. The first-order valence-electron chi connectivity index (χ1n) is 8.00. The summed E-state index contributed by atoms with van der Waals surface area (Å²) >= 11 is 6.09. The van der Waals surface area contributed by atoms with Gasteiger partial charge in [-0.2, -0.15) is 0 Å². The minimum Gasteiger partial charge on any atom is -0.495 e. The lowest BCUT2D eigenvalue weighted by Crippen LogP contribution is -2.28. The lowest BCUT2D eigenvalue weighted by molar-refractivity contribution is -0.122. The van der Waals surface area contributed by atoms with Crippen molar-refractivity contribution in [2.24, 2.45) is 5.92 Å². The molecule has 0 saturated carbocycles. The van der Waals surface area contributed by atoms with E-state index in [4.69, 9.17) is 16.3 Å². The molecule has 1 aliphatic heterocycles. The molecule has 1 unspecified atom stereocenters. The Balaban J connectivity index is 1.76. The molecule has 0 aromatic heterocycles. The van der Waals surface area contributed by atoms with E-state index in [2.05, 4.69) is 5.32 Å². The maximum absolute atomic E-state index is 12.6. The molecular weight excluding hydrogens is 340 g/mol. The number of para-hydroxylation sites is 2. The predicted octanol–water partition coefficient (Wildman–Crippen LogP) is 3.65. The topological polar surface area (TPSA) is 58.6 Å². The summed E-state index contributed by atoms with van der Waals surface area (Å²) in [7, 11) is 1.56. The fourth-order valence-electron chi connectivity index (χ4n) is 2.95. The Morgan fingerprint density at radius 1 is 1.24 bits per heavy atom. The molecule has 1 N–H and O–H groups in total. The Morgan fingerprint density at radius 3 is 2.76 bits per heavy atom. The second-order valence-corrected chi connectivity index (χ2v) is 6.39. The van der Waals surface area contributed by atoms with E-state index in [0.29, 0.717) is 28.7 Å². The van der Waals surface area contributed by atoms with Crippen molar-refractivity contribution >= 4 is 34.8 Å². The second kappa shape index (κ2) is 7.15. The summed E-state index contributed by atoms with van der Waals surface area (Å²) in [5.41, 5.74) is 2.16. The van der Waals surface area contributed by atoms with Crippen LogP contribution in [0.1, 0.15) is 12.0 Å². The third-order valence-corrected chi connectivity index (χ3v) is 4.81. The van der Waals surface area contributed by atoms with Gasteiger partial charge in [0.05, 0.1) is 18.7 Å². The Bertz CT molecular complexity index is 822. The highest BCUT2D eigenvalue weighted by molar-refractivity contribution is 6.31. The van der Waals surface area contributed by atoms with Gasteiger partial charge in [0.25, 0.3) is 0 Å². The zero-order valence-electron chi connectivity index (χ0n) is 14.1. The number of benzene rings is 2. The van der Waals surface area contributed by atoms with Gasteiger partial charge in [0.2, 0.25) is 11.8 Å². The average Bonchev–Trinajstić information content (AvgIpc) is 3.00. The first-order valence-corrected chi connectivity index (χ1v) is 8.38. The van der Waals surface area contributed by atoms with Crippen LogP contribution in [0.3, 0.4) is 0 Å². The standard InChI is InChI=1S/C19H19ClN2O3/c1-12-14(20)6-5-7-15(12)21-19(24)13-10-18(23)22(11-13)16-8-3-4-9-17(16)25-2/h3-9,13H,10-11H2,1-2H3,(H,21,24). The summed E-state index contributed by atoms with van der Waals surface area (Å²) in [6, 6.07) is 12.7. The molecule has 6 heteroatoms. The van der Waals surface area contributed by atoms with Crippen molar-refractivity contribution in [3.05, 3.63) is 53.1 Å². The molecule has 0 radical (unpaired) electrons. The van der Waals surface area contributed by atoms with E-state index < -0.39 is 5.92 Å². The van der Waals surface area contributed by atoms with Crippen molar-refractivity contribution in [3.8, 4) is 5.75 Å². The molecule has 0 bridgehead atoms. The quantitative estimate of drug-likeness (QED) is 0.907. The number of nitrogens with zero attached hydrogens (tertiary/aromatic N) is 1. The normalized spacial score (nSPS) is 16.8. The van der Waals surface area contributed by atoms with Gasteiger partial charge >= 0.3 is 0 Å². The summed E-state index contributed by atoms with van der Waals surface area (Å²) in [4.78, 5) is 26.6. The molecule has 2 aromatic rings. The Kier molecular flexibility index (Phi) is 4.95. The van der Waals surface area contributed by atoms with E-state index in [1.165, 1.54) is 0 Å². The van der Waals surface area contributed by atoms with Crippen molar-refractivity contribution in [1.82, 2.24) is 0 Å². The highest BCUT2D eigenvalue weighted by Crippen LogP contribution is 2.33. The van der Waals surface area contributed by atoms with E-state index in [-0.39, 0.29) is 18.2 Å². The van der Waals surface area contributed by atoms with Crippen molar-refractivity contribution in [3.63, 3.8) is 0 Å². The van der Waals surface area contributed by atoms with Crippen molar-refractivity contribution in [2.75, 3.05) is 23.9 Å². The van der Waals surface area contributed by atoms with Crippen LogP contribution in [0.2, 0.25) is 5.02 Å². The van der Waals surface area contributed by atoms with Gasteiger partial charge in [0.15, 0.2) is 0 Å². The van der Waals surface area contributed by atoms with Crippen LogP contribution in [-0.2, 0) is 9.59 Å². The molecule has 3 rings (SSSR count). The zero-order valence-corrected chi connectivity index (χ0v) is 14.8. The minimum absolute atomic E-state index is 0.0903. The fraction of sp³-hybridized carbons (Fsp3) is 0.263. The summed E-state index contributed by atoms with van der Waals surface area (Å²) in [6.45, 7) is 2.17. The van der Waals surface area contributed by atoms with Crippen molar-refractivity contribution < 1.29 is 14.3 Å². The summed E-state index contributed by atoms with van der Waals surface area (Å²) in [6.07, 6.45) is 0.170. The van der Waals surface area contributed by atoms with Gasteiger partial charge in [-0.15, -0.1) is 0 Å². The van der Waals surface area contributed by atoms with E-state index in [1.54, 1.807) is 36.3 Å². The average molecular weight is 359 g/mol. The number of hydrogen-bond donors (Lipinski definition) is 1. The maximum atomic E-state index is 12.6. The van der Waals surface area contributed by atoms with Crippen LogP contribution in [0.4, 0.5) is 11.4 Å². The van der Waals surface area contributed by atoms with Gasteiger partial charge in [-0.1, -0.05) is 29.8 Å². The maximum Gasteiger partial charge on any atom is 0.229 e. The van der Waals surface area contributed by atoms with E-state index in [9.17, 15) is 9.59 Å². The smallest absolute Gasteiger partial charge is 0.229 e. The number of amides is 2. The highest BCUT2D eigenvalue weighted by Gasteiger charge is 2.36. The largest absolute Gasteiger partial charge is 0.495 e. The van der Waals surface area contributed by atoms with Crippen LogP contribution < -0.4 is 15.0 Å². The van der Waals surface area contributed by atoms with Crippen molar-refractivity contribution in [1.29, 1.82) is 0 Å². The van der Waals surface area contributed by atoms with Gasteiger partial charge in [0, 0.05) is 23.7 Å². The summed E-state index contributed by atoms with van der Waals surface area (Å²) < 4.78 is 5.32. The van der Waals surface area contributed by atoms with Crippen molar-refractivity contribution in [2.45, 2.75) is 13.3 Å². The van der Waals surface area contributed by atoms with Gasteiger partial charge in [-0.05, 0) is 36.8 Å². The van der Waals surface area contributed by atoms with Crippen LogP contribution in [0.5, 0.6) is 5.75 Å². The number of nitrogens with one attached hydrogen (secondary N) is 1. The molecule has 1 saturated heterocycles. The first kappa shape index (κ1) is 17.3. The number of carbonyl (C=O) groups excluding carboxylic acids is 2. The third-order valence-electron chi connectivity index (χ3n) is 4.40. The molecule has 1 heterocycles. The van der Waals surface area contributed by atoms with Gasteiger partial charge in [-0.25, -0.2) is 0 Å². The minimum atomic E-state index is -0.421. The summed E-state index contributed by atoms with van der Waals surface area (Å²) in [5.74, 6) is -0.0815. The molecule has 130 valence electrons. The number of ether oxygens (including phenoxy) is 1. The Hall–Kier alpha value is -2.53. The molecule has 1 atom stereocenters. The molecule has 5 nitrogen and oxygen atoms in total.